The Labute approximate surface area is 160 Å². The molecule has 2 aromatic carbocycles. The van der Waals surface area contributed by atoms with E-state index < -0.39 is 18.7 Å². The predicted octanol–water partition coefficient (Wildman–Crippen LogP) is 4.96. The molecule has 0 fully saturated rings. The molecule has 1 aliphatic carbocycles. The molecule has 0 spiro atoms. The zero-order valence-electron chi connectivity index (χ0n) is 15.8. The smallest absolute Gasteiger partial charge is 0.193 e. The Balaban J connectivity index is 2.16. The second-order valence-electron chi connectivity index (χ2n) is 7.46. The first-order valence-electron chi connectivity index (χ1n) is 9.20. The van der Waals surface area contributed by atoms with E-state index in [4.69, 9.17) is 0 Å². The highest BCUT2D eigenvalue weighted by Gasteiger charge is 2.53. The first-order valence-corrected chi connectivity index (χ1v) is 11.0. The summed E-state index contributed by atoms with van der Waals surface area (Å²) >= 11 is 0. The number of halogens is 1. The second-order valence-corrected chi connectivity index (χ2v) is 10.3. The van der Waals surface area contributed by atoms with Crippen molar-refractivity contribution < 1.29 is 14.1 Å². The fraction of sp³-hybridized carbons (Fsp3) is 0.304. The zero-order chi connectivity index (χ0) is 19.7. The summed E-state index contributed by atoms with van der Waals surface area (Å²) in [5.74, 6) is -1.97. The van der Waals surface area contributed by atoms with Crippen LogP contribution in [0.25, 0.3) is 0 Å². The molecule has 0 unspecified atom stereocenters. The van der Waals surface area contributed by atoms with Gasteiger partial charge >= 0.3 is 0 Å². The summed E-state index contributed by atoms with van der Waals surface area (Å²) in [5, 5.41) is 12.3. The molecule has 1 aliphatic rings. The number of hydrogen-bond donors (Lipinski definition) is 1. The molecule has 2 nitrogen and oxygen atoms in total. The van der Waals surface area contributed by atoms with Gasteiger partial charge in [-0.3, -0.25) is 0 Å². The van der Waals surface area contributed by atoms with Crippen LogP contribution < -0.4 is 10.6 Å². The first-order chi connectivity index (χ1) is 12.8. The van der Waals surface area contributed by atoms with Gasteiger partial charge in [0.15, 0.2) is 13.1 Å². The van der Waals surface area contributed by atoms with Gasteiger partial charge in [-0.25, -0.2) is 4.39 Å². The first kappa shape index (κ1) is 19.8. The van der Waals surface area contributed by atoms with Crippen LogP contribution in [0.4, 0.5) is 4.39 Å². The van der Waals surface area contributed by atoms with Gasteiger partial charge in [0.25, 0.3) is 0 Å². The standard InChI is InChI=1S/C23H26FO2P/c1-17(2)19-15-14-18(3)23(25,16-19)22(24)27(26,20-10-6-4-7-11-20)21-12-8-5-9-13-21/h4-14,19,22,25H,1,15-16H2,2-3H3/t19-,22-,23-/m1/s1. The van der Waals surface area contributed by atoms with Crippen LogP contribution in [0.2, 0.25) is 0 Å². The molecule has 3 atom stereocenters. The van der Waals surface area contributed by atoms with Gasteiger partial charge in [0.05, 0.1) is 0 Å². The molecular formula is C23H26FO2P. The van der Waals surface area contributed by atoms with Gasteiger partial charge in [0, 0.05) is 10.6 Å². The van der Waals surface area contributed by atoms with Crippen LogP contribution in [0, 0.1) is 5.92 Å². The minimum Gasteiger partial charge on any atom is -0.382 e. The molecule has 2 aromatic rings. The SMILES string of the molecule is C=C(C)[C@@H]1CC=C(C)[C@@](O)([C@H](F)P(=O)(c2ccccc2)c2ccccc2)C1. The summed E-state index contributed by atoms with van der Waals surface area (Å²) < 4.78 is 30.5. The van der Waals surface area contributed by atoms with Gasteiger partial charge in [-0.15, -0.1) is 0 Å². The van der Waals surface area contributed by atoms with E-state index in [0.717, 1.165) is 12.0 Å². The van der Waals surface area contributed by atoms with E-state index in [0.29, 0.717) is 16.2 Å². The molecule has 0 aromatic heterocycles. The molecule has 0 amide bonds. The number of aliphatic hydroxyl groups is 1. The van der Waals surface area contributed by atoms with E-state index in [2.05, 4.69) is 6.58 Å². The van der Waals surface area contributed by atoms with Crippen molar-refractivity contribution in [1.29, 1.82) is 0 Å². The highest BCUT2D eigenvalue weighted by atomic mass is 31.2. The maximum atomic E-state index is 16.2. The molecule has 0 saturated carbocycles. The highest BCUT2D eigenvalue weighted by molar-refractivity contribution is 7.79. The summed E-state index contributed by atoms with van der Waals surface area (Å²) in [6.07, 6.45) is 2.77. The van der Waals surface area contributed by atoms with Crippen LogP contribution >= 0.6 is 7.14 Å². The average Bonchev–Trinajstić information content (AvgIpc) is 2.70. The van der Waals surface area contributed by atoms with Gasteiger partial charge in [-0.2, -0.15) is 0 Å². The molecule has 142 valence electrons. The van der Waals surface area contributed by atoms with E-state index in [9.17, 15) is 9.67 Å². The summed E-state index contributed by atoms with van der Waals surface area (Å²) in [6, 6.07) is 17.4. The van der Waals surface area contributed by atoms with Crippen molar-refractivity contribution in [2.45, 2.75) is 38.2 Å². The Bertz CT molecular complexity index is 848. The highest BCUT2D eigenvalue weighted by Crippen LogP contribution is 2.57. The van der Waals surface area contributed by atoms with Gasteiger partial charge in [-0.1, -0.05) is 78.9 Å². The van der Waals surface area contributed by atoms with E-state index in [-0.39, 0.29) is 12.3 Å². The summed E-state index contributed by atoms with van der Waals surface area (Å²) in [6.45, 7) is 7.59. The Kier molecular flexibility index (Phi) is 5.55. The normalized spacial score (nSPS) is 24.1. The van der Waals surface area contributed by atoms with E-state index in [1.165, 1.54) is 0 Å². The third kappa shape index (κ3) is 3.47. The van der Waals surface area contributed by atoms with Crippen molar-refractivity contribution in [3.63, 3.8) is 0 Å². The minimum absolute atomic E-state index is 0.0306. The van der Waals surface area contributed by atoms with Gasteiger partial charge in [-0.05, 0) is 38.2 Å². The monoisotopic (exact) mass is 384 g/mol. The van der Waals surface area contributed by atoms with Crippen molar-refractivity contribution in [1.82, 2.24) is 0 Å². The van der Waals surface area contributed by atoms with Gasteiger partial charge in [0.1, 0.15) is 5.60 Å². The summed E-state index contributed by atoms with van der Waals surface area (Å²) in [7, 11) is -3.73. The minimum atomic E-state index is -3.73. The Morgan fingerprint density at radius 1 is 1.15 bits per heavy atom. The third-order valence-corrected chi connectivity index (χ3v) is 8.84. The fourth-order valence-corrected chi connectivity index (χ4v) is 6.75. The van der Waals surface area contributed by atoms with Crippen LogP contribution in [-0.2, 0) is 4.57 Å². The van der Waals surface area contributed by atoms with Crippen molar-refractivity contribution in [2.24, 2.45) is 5.92 Å². The molecular weight excluding hydrogens is 358 g/mol. The number of benzene rings is 2. The molecule has 0 heterocycles. The molecule has 0 saturated heterocycles. The molecule has 0 radical (unpaired) electrons. The Morgan fingerprint density at radius 3 is 2.07 bits per heavy atom. The number of alkyl halides is 1. The molecule has 4 heteroatoms. The topological polar surface area (TPSA) is 37.3 Å². The summed E-state index contributed by atoms with van der Waals surface area (Å²) in [5.41, 5.74) is -0.346. The lowest BCUT2D eigenvalue weighted by molar-refractivity contribution is 0.00746. The van der Waals surface area contributed by atoms with Crippen molar-refractivity contribution in [2.75, 3.05) is 0 Å². The van der Waals surface area contributed by atoms with Crippen LogP contribution in [0.1, 0.15) is 26.7 Å². The van der Waals surface area contributed by atoms with Gasteiger partial charge in [0.2, 0.25) is 0 Å². The van der Waals surface area contributed by atoms with Crippen molar-refractivity contribution in [3.8, 4) is 0 Å². The fourth-order valence-electron chi connectivity index (χ4n) is 3.79. The Morgan fingerprint density at radius 2 is 1.63 bits per heavy atom. The second kappa shape index (κ2) is 7.58. The van der Waals surface area contributed by atoms with E-state index >= 15 is 4.39 Å². The summed E-state index contributed by atoms with van der Waals surface area (Å²) in [4.78, 5) is 0. The molecule has 3 rings (SSSR count). The van der Waals surface area contributed by atoms with E-state index in [1.807, 2.05) is 25.1 Å². The number of rotatable bonds is 5. The number of hydrogen-bond acceptors (Lipinski definition) is 2. The zero-order valence-corrected chi connectivity index (χ0v) is 16.7. The maximum absolute atomic E-state index is 16.2. The predicted molar refractivity (Wildman–Crippen MR) is 111 cm³/mol. The van der Waals surface area contributed by atoms with Crippen LogP contribution in [-0.4, -0.2) is 16.6 Å². The van der Waals surface area contributed by atoms with Crippen molar-refractivity contribution >= 4 is 17.8 Å². The lowest BCUT2D eigenvalue weighted by atomic mass is 9.76. The Hall–Kier alpha value is -1.96. The third-order valence-electron chi connectivity index (χ3n) is 5.64. The number of allylic oxidation sites excluding steroid dienone is 2. The lowest BCUT2D eigenvalue weighted by Crippen LogP contribution is -2.47. The van der Waals surface area contributed by atoms with E-state index in [1.54, 1.807) is 55.5 Å². The molecule has 0 bridgehead atoms. The van der Waals surface area contributed by atoms with Crippen LogP contribution in [0.5, 0.6) is 0 Å². The largest absolute Gasteiger partial charge is 0.382 e. The quantitative estimate of drug-likeness (QED) is 0.584. The molecule has 27 heavy (non-hydrogen) atoms. The van der Waals surface area contributed by atoms with Crippen molar-refractivity contribution in [3.05, 3.63) is 84.5 Å². The average molecular weight is 384 g/mol. The lowest BCUT2D eigenvalue weighted by Gasteiger charge is -2.41. The molecule has 0 aliphatic heterocycles. The van der Waals surface area contributed by atoms with Gasteiger partial charge < -0.3 is 9.67 Å². The van der Waals surface area contributed by atoms with Crippen LogP contribution in [0.15, 0.2) is 84.5 Å². The maximum Gasteiger partial charge on any atom is 0.193 e. The van der Waals surface area contributed by atoms with Crippen LogP contribution in [0.3, 0.4) is 0 Å². The molecule has 1 N–H and O–H groups in total.